The maximum Gasteiger partial charge on any atom is 0.308 e. The number of hydrogen-bond donors (Lipinski definition) is 0. The molecule has 0 amide bonds. The Kier molecular flexibility index (Phi) is 6.71. The van der Waals surface area contributed by atoms with Crippen LogP contribution in [0.1, 0.15) is 18.1 Å². The van der Waals surface area contributed by atoms with E-state index < -0.39 is 0 Å². The van der Waals surface area contributed by atoms with Gasteiger partial charge in [-0.3, -0.25) is 9.69 Å². The van der Waals surface area contributed by atoms with Crippen LogP contribution in [0.2, 0.25) is 0 Å². The molecule has 0 unspecified atom stereocenters. The third-order valence-electron chi connectivity index (χ3n) is 4.85. The SMILES string of the molecule is COc1cc(C=CCN2CCN(c3cccc(C)c3)CC2)ccc1OC(C)=O. The molecule has 1 aliphatic rings. The van der Waals surface area contributed by atoms with E-state index in [1.165, 1.54) is 18.2 Å². The fourth-order valence-corrected chi connectivity index (χ4v) is 3.38. The van der Waals surface area contributed by atoms with Crippen LogP contribution < -0.4 is 14.4 Å². The van der Waals surface area contributed by atoms with Crippen LogP contribution in [-0.4, -0.2) is 50.7 Å². The topological polar surface area (TPSA) is 42.0 Å². The number of methoxy groups -OCH3 is 1. The van der Waals surface area contributed by atoms with Gasteiger partial charge >= 0.3 is 5.97 Å². The smallest absolute Gasteiger partial charge is 0.308 e. The molecule has 148 valence electrons. The fraction of sp³-hybridized carbons (Fsp3) is 0.348. The van der Waals surface area contributed by atoms with Crippen molar-refractivity contribution in [2.24, 2.45) is 0 Å². The van der Waals surface area contributed by atoms with E-state index in [1.54, 1.807) is 13.2 Å². The van der Waals surface area contributed by atoms with E-state index in [0.29, 0.717) is 11.5 Å². The van der Waals surface area contributed by atoms with Crippen LogP contribution in [0.5, 0.6) is 11.5 Å². The molecule has 1 aliphatic heterocycles. The second-order valence-corrected chi connectivity index (χ2v) is 7.03. The molecule has 0 atom stereocenters. The van der Waals surface area contributed by atoms with Gasteiger partial charge in [0.2, 0.25) is 0 Å². The third-order valence-corrected chi connectivity index (χ3v) is 4.85. The first-order valence-electron chi connectivity index (χ1n) is 9.62. The fourth-order valence-electron chi connectivity index (χ4n) is 3.38. The lowest BCUT2D eigenvalue weighted by atomic mass is 10.1. The first kappa shape index (κ1) is 20.0. The molecule has 1 saturated heterocycles. The van der Waals surface area contributed by atoms with E-state index in [2.05, 4.69) is 53.1 Å². The minimum Gasteiger partial charge on any atom is -0.493 e. The number of anilines is 1. The number of aryl methyl sites for hydroxylation is 1. The first-order valence-corrected chi connectivity index (χ1v) is 9.62. The molecule has 2 aromatic carbocycles. The summed E-state index contributed by atoms with van der Waals surface area (Å²) in [5, 5.41) is 0. The molecule has 0 bridgehead atoms. The molecule has 0 N–H and O–H groups in total. The number of benzene rings is 2. The number of rotatable bonds is 6. The molecular weight excluding hydrogens is 352 g/mol. The van der Waals surface area contributed by atoms with Crippen molar-refractivity contribution in [1.82, 2.24) is 4.90 Å². The molecule has 0 aromatic heterocycles. The highest BCUT2D eigenvalue weighted by Crippen LogP contribution is 2.28. The van der Waals surface area contributed by atoms with Crippen molar-refractivity contribution in [2.75, 3.05) is 44.7 Å². The van der Waals surface area contributed by atoms with E-state index in [4.69, 9.17) is 9.47 Å². The zero-order valence-electron chi connectivity index (χ0n) is 16.9. The molecule has 0 aliphatic carbocycles. The van der Waals surface area contributed by atoms with E-state index in [9.17, 15) is 4.79 Å². The molecule has 5 nitrogen and oxygen atoms in total. The molecule has 0 spiro atoms. The van der Waals surface area contributed by atoms with Crippen LogP contribution in [0.25, 0.3) is 6.08 Å². The van der Waals surface area contributed by atoms with Crippen LogP contribution in [0.4, 0.5) is 5.69 Å². The Morgan fingerprint density at radius 1 is 1.07 bits per heavy atom. The number of piperazine rings is 1. The van der Waals surface area contributed by atoms with Gasteiger partial charge in [-0.05, 0) is 42.3 Å². The van der Waals surface area contributed by atoms with Crippen LogP contribution in [-0.2, 0) is 4.79 Å². The lowest BCUT2D eigenvalue weighted by molar-refractivity contribution is -0.132. The summed E-state index contributed by atoms with van der Waals surface area (Å²) in [4.78, 5) is 16.0. The molecular formula is C23H28N2O3. The standard InChI is InChI=1S/C23H28N2O3/c1-18-6-4-8-21(16-18)25-14-12-24(13-15-25)11-5-7-20-9-10-22(28-19(2)26)23(17-20)27-3/h4-10,16-17H,11-15H2,1-3H3. The molecule has 3 rings (SSSR count). The lowest BCUT2D eigenvalue weighted by Gasteiger charge is -2.35. The van der Waals surface area contributed by atoms with E-state index in [-0.39, 0.29) is 5.97 Å². The van der Waals surface area contributed by atoms with Gasteiger partial charge in [0.15, 0.2) is 11.5 Å². The van der Waals surface area contributed by atoms with Gasteiger partial charge < -0.3 is 14.4 Å². The summed E-state index contributed by atoms with van der Waals surface area (Å²) in [6.45, 7) is 8.62. The quantitative estimate of drug-likeness (QED) is 0.564. The van der Waals surface area contributed by atoms with Crippen molar-refractivity contribution in [3.05, 3.63) is 59.7 Å². The number of esters is 1. The Hall–Kier alpha value is -2.79. The number of ether oxygens (including phenoxy) is 2. The van der Waals surface area contributed by atoms with E-state index >= 15 is 0 Å². The average molecular weight is 380 g/mol. The highest BCUT2D eigenvalue weighted by atomic mass is 16.6. The van der Waals surface area contributed by atoms with Crippen LogP contribution in [0.3, 0.4) is 0 Å². The van der Waals surface area contributed by atoms with Crippen LogP contribution >= 0.6 is 0 Å². The van der Waals surface area contributed by atoms with Gasteiger partial charge in [-0.1, -0.05) is 30.4 Å². The normalized spacial score (nSPS) is 15.0. The monoisotopic (exact) mass is 380 g/mol. The van der Waals surface area contributed by atoms with Gasteiger partial charge in [0.05, 0.1) is 7.11 Å². The van der Waals surface area contributed by atoms with Gasteiger partial charge in [-0.15, -0.1) is 0 Å². The van der Waals surface area contributed by atoms with Gasteiger partial charge in [0, 0.05) is 45.3 Å². The predicted molar refractivity (Wildman–Crippen MR) is 113 cm³/mol. The molecule has 5 heteroatoms. The van der Waals surface area contributed by atoms with Crippen molar-refractivity contribution in [3.8, 4) is 11.5 Å². The number of hydrogen-bond acceptors (Lipinski definition) is 5. The zero-order chi connectivity index (χ0) is 19.9. The summed E-state index contributed by atoms with van der Waals surface area (Å²) in [7, 11) is 1.57. The Morgan fingerprint density at radius 2 is 1.86 bits per heavy atom. The van der Waals surface area contributed by atoms with Gasteiger partial charge in [-0.25, -0.2) is 0 Å². The maximum absolute atomic E-state index is 11.1. The largest absolute Gasteiger partial charge is 0.493 e. The molecule has 0 radical (unpaired) electrons. The highest BCUT2D eigenvalue weighted by molar-refractivity contribution is 5.71. The Morgan fingerprint density at radius 3 is 2.54 bits per heavy atom. The molecule has 1 fully saturated rings. The minimum atomic E-state index is -0.355. The molecule has 1 heterocycles. The third kappa shape index (κ3) is 5.36. The molecule has 2 aromatic rings. The van der Waals surface area contributed by atoms with Gasteiger partial charge in [-0.2, -0.15) is 0 Å². The summed E-state index contributed by atoms with van der Waals surface area (Å²) in [5.74, 6) is 0.648. The summed E-state index contributed by atoms with van der Waals surface area (Å²) in [6, 6.07) is 14.3. The van der Waals surface area contributed by atoms with Gasteiger partial charge in [0.25, 0.3) is 0 Å². The van der Waals surface area contributed by atoms with Crippen LogP contribution in [0.15, 0.2) is 48.5 Å². The Bertz CT molecular complexity index is 839. The minimum absolute atomic E-state index is 0.355. The average Bonchev–Trinajstić information content (AvgIpc) is 2.69. The van der Waals surface area contributed by atoms with Crippen molar-refractivity contribution in [2.45, 2.75) is 13.8 Å². The Balaban J connectivity index is 1.52. The summed E-state index contributed by atoms with van der Waals surface area (Å²) < 4.78 is 10.5. The second kappa shape index (κ2) is 9.42. The number of nitrogens with zero attached hydrogens (tertiary/aromatic N) is 2. The summed E-state index contributed by atoms with van der Waals surface area (Å²) in [5.41, 5.74) is 3.64. The van der Waals surface area contributed by atoms with Crippen molar-refractivity contribution < 1.29 is 14.3 Å². The predicted octanol–water partition coefficient (Wildman–Crippen LogP) is 3.76. The van der Waals surface area contributed by atoms with E-state index in [0.717, 1.165) is 38.3 Å². The molecule has 0 saturated carbocycles. The van der Waals surface area contributed by atoms with Crippen molar-refractivity contribution in [1.29, 1.82) is 0 Å². The maximum atomic E-state index is 11.1. The summed E-state index contributed by atoms with van der Waals surface area (Å²) in [6.07, 6.45) is 4.25. The first-order chi connectivity index (χ1) is 13.5. The van der Waals surface area contributed by atoms with E-state index in [1.807, 2.05) is 12.1 Å². The Labute approximate surface area is 167 Å². The van der Waals surface area contributed by atoms with Gasteiger partial charge in [0.1, 0.15) is 0 Å². The molecule has 28 heavy (non-hydrogen) atoms. The summed E-state index contributed by atoms with van der Waals surface area (Å²) >= 11 is 0. The second-order valence-electron chi connectivity index (χ2n) is 7.03. The zero-order valence-corrected chi connectivity index (χ0v) is 16.9. The number of carbonyl (C=O) groups excluding carboxylic acids is 1. The lowest BCUT2D eigenvalue weighted by Crippen LogP contribution is -2.46. The van der Waals surface area contributed by atoms with Crippen molar-refractivity contribution in [3.63, 3.8) is 0 Å². The highest BCUT2D eigenvalue weighted by Gasteiger charge is 2.16. The number of carbonyl (C=O) groups is 1. The van der Waals surface area contributed by atoms with Crippen LogP contribution in [0, 0.1) is 6.92 Å². The van der Waals surface area contributed by atoms with Crippen molar-refractivity contribution >= 4 is 17.7 Å².